The molecule has 0 saturated heterocycles. The molecule has 144 valence electrons. The van der Waals surface area contributed by atoms with Crippen molar-refractivity contribution in [3.63, 3.8) is 0 Å². The lowest BCUT2D eigenvalue weighted by Crippen LogP contribution is -2.37. The van der Waals surface area contributed by atoms with Crippen LogP contribution in [-0.4, -0.2) is 28.4 Å². The van der Waals surface area contributed by atoms with E-state index in [0.29, 0.717) is 18.2 Å². The van der Waals surface area contributed by atoms with Crippen LogP contribution in [0.2, 0.25) is 0 Å². The van der Waals surface area contributed by atoms with Crippen molar-refractivity contribution in [3.05, 3.63) is 70.9 Å². The number of benzene rings is 2. The third kappa shape index (κ3) is 3.36. The number of nitrogens with zero attached hydrogens (tertiary/aromatic N) is 2. The zero-order chi connectivity index (χ0) is 19.8. The van der Waals surface area contributed by atoms with E-state index in [4.69, 9.17) is 4.98 Å². The van der Waals surface area contributed by atoms with Crippen LogP contribution in [0.3, 0.4) is 0 Å². The quantitative estimate of drug-likeness (QED) is 0.725. The number of amides is 1. The van der Waals surface area contributed by atoms with Gasteiger partial charge in [0.05, 0.1) is 11.1 Å². The Bertz CT molecular complexity index is 1070. The normalized spacial score (nSPS) is 14.3. The van der Waals surface area contributed by atoms with Crippen LogP contribution in [0.5, 0.6) is 0 Å². The summed E-state index contributed by atoms with van der Waals surface area (Å²) < 4.78 is 26.8. The van der Waals surface area contributed by atoms with Crippen LogP contribution < -0.4 is 5.32 Å². The number of nitrogens with one attached hydrogen (secondary N) is 1. The molecule has 1 aromatic heterocycles. The second kappa shape index (κ2) is 7.28. The maximum absolute atomic E-state index is 13.6. The van der Waals surface area contributed by atoms with Crippen LogP contribution in [0.1, 0.15) is 35.5 Å². The Morgan fingerprint density at radius 2 is 1.93 bits per heavy atom. The number of para-hydroxylation sites is 1. The number of hydrogen-bond donors (Lipinski definition) is 1. The standard InChI is InChI=1S/C22H21F2N3O/c1-13(2)27-10-9-20-16(12-27)21(15-5-3-4-6-19(15)26-20)22(28)25-14-7-8-17(23)18(24)11-14/h3-8,11,13H,9-10,12H2,1-2H3,(H,25,28). The molecule has 0 aliphatic carbocycles. The largest absolute Gasteiger partial charge is 0.322 e. The molecule has 4 nitrogen and oxygen atoms in total. The van der Waals surface area contributed by atoms with Crippen molar-refractivity contribution >= 4 is 22.5 Å². The van der Waals surface area contributed by atoms with Crippen molar-refractivity contribution in [1.82, 2.24) is 9.88 Å². The van der Waals surface area contributed by atoms with Crippen LogP contribution in [0, 0.1) is 11.6 Å². The van der Waals surface area contributed by atoms with Gasteiger partial charge in [0.25, 0.3) is 5.91 Å². The molecule has 28 heavy (non-hydrogen) atoms. The molecule has 1 amide bonds. The van der Waals surface area contributed by atoms with Crippen LogP contribution in [0.15, 0.2) is 42.5 Å². The Hall–Kier alpha value is -2.86. The number of carbonyl (C=O) groups excluding carboxylic acids is 1. The molecule has 0 unspecified atom stereocenters. The first-order valence-corrected chi connectivity index (χ1v) is 9.35. The van der Waals surface area contributed by atoms with E-state index in [0.717, 1.165) is 47.3 Å². The van der Waals surface area contributed by atoms with Gasteiger partial charge in [-0.05, 0) is 32.0 Å². The van der Waals surface area contributed by atoms with Gasteiger partial charge in [-0.2, -0.15) is 0 Å². The number of fused-ring (bicyclic) bond motifs is 2. The van der Waals surface area contributed by atoms with Crippen LogP contribution >= 0.6 is 0 Å². The summed E-state index contributed by atoms with van der Waals surface area (Å²) in [5.74, 6) is -2.28. The number of rotatable bonds is 3. The molecule has 2 aromatic carbocycles. The third-order valence-electron chi connectivity index (χ3n) is 5.21. The van der Waals surface area contributed by atoms with E-state index in [1.807, 2.05) is 24.3 Å². The lowest BCUT2D eigenvalue weighted by Gasteiger charge is -2.32. The first-order valence-electron chi connectivity index (χ1n) is 9.35. The number of pyridine rings is 1. The lowest BCUT2D eigenvalue weighted by molar-refractivity contribution is 0.102. The van der Waals surface area contributed by atoms with Gasteiger partial charge in [0.15, 0.2) is 11.6 Å². The zero-order valence-corrected chi connectivity index (χ0v) is 15.8. The number of carbonyl (C=O) groups is 1. The maximum Gasteiger partial charge on any atom is 0.256 e. The highest BCUT2D eigenvalue weighted by molar-refractivity contribution is 6.13. The van der Waals surface area contributed by atoms with E-state index in [1.54, 1.807) is 0 Å². The highest BCUT2D eigenvalue weighted by atomic mass is 19.2. The molecule has 3 aromatic rings. The van der Waals surface area contributed by atoms with Crippen molar-refractivity contribution < 1.29 is 13.6 Å². The van der Waals surface area contributed by atoms with Gasteiger partial charge in [-0.3, -0.25) is 14.7 Å². The summed E-state index contributed by atoms with van der Waals surface area (Å²) in [7, 11) is 0. The smallest absolute Gasteiger partial charge is 0.256 e. The van der Waals surface area contributed by atoms with Gasteiger partial charge in [-0.1, -0.05) is 18.2 Å². The van der Waals surface area contributed by atoms with Crippen molar-refractivity contribution in [1.29, 1.82) is 0 Å². The fourth-order valence-electron chi connectivity index (χ4n) is 3.68. The summed E-state index contributed by atoms with van der Waals surface area (Å²) >= 11 is 0. The Balaban J connectivity index is 1.81. The zero-order valence-electron chi connectivity index (χ0n) is 15.8. The number of hydrogen-bond acceptors (Lipinski definition) is 3. The minimum Gasteiger partial charge on any atom is -0.322 e. The number of anilines is 1. The molecule has 2 heterocycles. The first kappa shape index (κ1) is 18.5. The summed E-state index contributed by atoms with van der Waals surface area (Å²) in [5.41, 5.74) is 3.35. The third-order valence-corrected chi connectivity index (χ3v) is 5.21. The van der Waals surface area contributed by atoms with E-state index >= 15 is 0 Å². The predicted molar refractivity (Wildman–Crippen MR) is 105 cm³/mol. The fraction of sp³-hybridized carbons (Fsp3) is 0.273. The summed E-state index contributed by atoms with van der Waals surface area (Å²) in [6, 6.07) is 11.2. The van der Waals surface area contributed by atoms with Crippen LogP contribution in [0.25, 0.3) is 10.9 Å². The van der Waals surface area contributed by atoms with E-state index in [2.05, 4.69) is 24.1 Å². The number of halogens is 2. The van der Waals surface area contributed by atoms with Gasteiger partial charge >= 0.3 is 0 Å². The summed E-state index contributed by atoms with van der Waals surface area (Å²) in [4.78, 5) is 20.3. The molecule has 1 aliphatic rings. The summed E-state index contributed by atoms with van der Waals surface area (Å²) in [6.45, 7) is 5.77. The molecule has 0 saturated carbocycles. The van der Waals surface area contributed by atoms with E-state index in [-0.39, 0.29) is 11.6 Å². The van der Waals surface area contributed by atoms with Gasteiger partial charge in [0.2, 0.25) is 0 Å². The van der Waals surface area contributed by atoms with Crippen molar-refractivity contribution in [2.45, 2.75) is 32.9 Å². The maximum atomic E-state index is 13.6. The van der Waals surface area contributed by atoms with Crippen molar-refractivity contribution in [3.8, 4) is 0 Å². The monoisotopic (exact) mass is 381 g/mol. The second-order valence-electron chi connectivity index (χ2n) is 7.33. The molecular formula is C22H21F2N3O. The molecule has 1 aliphatic heterocycles. The van der Waals surface area contributed by atoms with Gasteiger partial charge in [-0.15, -0.1) is 0 Å². The molecule has 0 fully saturated rings. The second-order valence-corrected chi connectivity index (χ2v) is 7.33. The molecule has 0 atom stereocenters. The van der Waals surface area contributed by atoms with Crippen molar-refractivity contribution in [2.75, 3.05) is 11.9 Å². The highest BCUT2D eigenvalue weighted by Gasteiger charge is 2.27. The van der Waals surface area contributed by atoms with Gasteiger partial charge < -0.3 is 5.32 Å². The summed E-state index contributed by atoms with van der Waals surface area (Å²) in [6.07, 6.45) is 0.768. The fourth-order valence-corrected chi connectivity index (χ4v) is 3.68. The SMILES string of the molecule is CC(C)N1CCc2nc3ccccc3c(C(=O)Nc3ccc(F)c(F)c3)c2C1. The summed E-state index contributed by atoms with van der Waals surface area (Å²) in [5, 5.41) is 3.48. The Morgan fingerprint density at radius 3 is 2.68 bits per heavy atom. The van der Waals surface area contributed by atoms with Gasteiger partial charge in [0.1, 0.15) is 0 Å². The topological polar surface area (TPSA) is 45.2 Å². The molecule has 0 bridgehead atoms. The molecule has 1 N–H and O–H groups in total. The highest BCUT2D eigenvalue weighted by Crippen LogP contribution is 2.29. The van der Waals surface area contributed by atoms with E-state index < -0.39 is 11.6 Å². The molecule has 0 spiro atoms. The minimum absolute atomic E-state index is 0.218. The Morgan fingerprint density at radius 1 is 1.14 bits per heavy atom. The first-order chi connectivity index (χ1) is 13.4. The lowest BCUT2D eigenvalue weighted by atomic mass is 9.94. The number of aromatic nitrogens is 1. The minimum atomic E-state index is -0.995. The van der Waals surface area contributed by atoms with Gasteiger partial charge in [-0.25, -0.2) is 8.78 Å². The van der Waals surface area contributed by atoms with E-state index in [9.17, 15) is 13.6 Å². The van der Waals surface area contributed by atoms with Gasteiger partial charge in [0, 0.05) is 53.9 Å². The Kier molecular flexibility index (Phi) is 4.81. The molecule has 0 radical (unpaired) electrons. The average molecular weight is 381 g/mol. The average Bonchev–Trinajstić information content (AvgIpc) is 2.68. The van der Waals surface area contributed by atoms with Crippen LogP contribution in [0.4, 0.5) is 14.5 Å². The molecule has 4 rings (SSSR count). The van der Waals surface area contributed by atoms with Crippen LogP contribution in [-0.2, 0) is 13.0 Å². The van der Waals surface area contributed by atoms with E-state index in [1.165, 1.54) is 6.07 Å². The predicted octanol–water partition coefficient (Wildman–Crippen LogP) is 4.53. The van der Waals surface area contributed by atoms with Crippen molar-refractivity contribution in [2.24, 2.45) is 0 Å². The molecular weight excluding hydrogens is 360 g/mol. The molecule has 6 heteroatoms. The Labute approximate surface area is 162 Å².